The van der Waals surface area contributed by atoms with E-state index in [1.807, 2.05) is 32.9 Å². The molecule has 0 fully saturated rings. The summed E-state index contributed by atoms with van der Waals surface area (Å²) < 4.78 is 1.76. The Labute approximate surface area is 135 Å². The Morgan fingerprint density at radius 3 is 2.70 bits per heavy atom. The molecule has 0 aliphatic heterocycles. The molecule has 6 nitrogen and oxygen atoms in total. The van der Waals surface area contributed by atoms with E-state index >= 15 is 0 Å². The summed E-state index contributed by atoms with van der Waals surface area (Å²) >= 11 is 0. The lowest BCUT2D eigenvalue weighted by molar-refractivity contribution is -0.136. The Morgan fingerprint density at radius 1 is 1.30 bits per heavy atom. The van der Waals surface area contributed by atoms with Crippen LogP contribution < -0.4 is 5.32 Å². The molecule has 6 heteroatoms. The molecule has 1 heterocycles. The summed E-state index contributed by atoms with van der Waals surface area (Å²) in [6.07, 6.45) is 0.523. The highest BCUT2D eigenvalue weighted by Crippen LogP contribution is 2.20. The van der Waals surface area contributed by atoms with Gasteiger partial charge in [-0.15, -0.1) is 0 Å². The molecule has 0 unspecified atom stereocenters. The Morgan fingerprint density at radius 2 is 2.04 bits per heavy atom. The number of carbonyl (C=O) groups excluding carboxylic acids is 1. The number of carbonyl (C=O) groups is 2. The monoisotopic (exact) mass is 315 g/mol. The number of aliphatic carboxylic acids is 1. The number of nitrogens with zero attached hydrogens (tertiary/aromatic N) is 2. The van der Waals surface area contributed by atoms with Crippen LogP contribution in [-0.4, -0.2) is 33.3 Å². The lowest BCUT2D eigenvalue weighted by Gasteiger charge is -2.08. The van der Waals surface area contributed by atoms with Gasteiger partial charge in [-0.1, -0.05) is 6.07 Å². The molecule has 0 atom stereocenters. The molecule has 0 saturated heterocycles. The molecule has 2 N–H and O–H groups in total. The number of carboxylic acid groups (broad SMARTS) is 1. The first kappa shape index (κ1) is 16.7. The molecule has 23 heavy (non-hydrogen) atoms. The normalized spacial score (nSPS) is 10.6. The van der Waals surface area contributed by atoms with Crippen molar-refractivity contribution in [1.29, 1.82) is 0 Å². The van der Waals surface area contributed by atoms with Gasteiger partial charge < -0.3 is 10.4 Å². The van der Waals surface area contributed by atoms with Crippen molar-refractivity contribution in [1.82, 2.24) is 15.1 Å². The van der Waals surface area contributed by atoms with Gasteiger partial charge in [-0.2, -0.15) is 5.10 Å². The fourth-order valence-corrected chi connectivity index (χ4v) is 2.56. The maximum atomic E-state index is 12.0. The van der Waals surface area contributed by atoms with E-state index in [0.717, 1.165) is 22.6 Å². The third kappa shape index (κ3) is 3.77. The summed E-state index contributed by atoms with van der Waals surface area (Å²) in [4.78, 5) is 22.7. The van der Waals surface area contributed by atoms with Gasteiger partial charge in [-0.05, 0) is 51.0 Å². The Hall–Kier alpha value is -2.63. The van der Waals surface area contributed by atoms with Crippen molar-refractivity contribution in [2.75, 3.05) is 6.54 Å². The largest absolute Gasteiger partial charge is 0.481 e. The van der Waals surface area contributed by atoms with Gasteiger partial charge in [0, 0.05) is 24.2 Å². The Bertz CT molecular complexity index is 735. The summed E-state index contributed by atoms with van der Waals surface area (Å²) in [5.41, 5.74) is 4.01. The molecule has 2 rings (SSSR count). The molecule has 0 aliphatic rings. The molecule has 0 saturated carbocycles. The summed E-state index contributed by atoms with van der Waals surface area (Å²) in [6, 6.07) is 7.23. The van der Waals surface area contributed by atoms with E-state index in [-0.39, 0.29) is 12.3 Å². The smallest absolute Gasteiger partial charge is 0.303 e. The van der Waals surface area contributed by atoms with Gasteiger partial charge in [0.2, 0.25) is 0 Å². The number of aryl methyl sites for hydroxylation is 1. The number of aromatic nitrogens is 2. The van der Waals surface area contributed by atoms with Crippen LogP contribution in [-0.2, 0) is 11.2 Å². The van der Waals surface area contributed by atoms with Crippen LogP contribution in [0.4, 0.5) is 0 Å². The van der Waals surface area contributed by atoms with Crippen molar-refractivity contribution in [3.05, 3.63) is 46.8 Å². The Kier molecular flexibility index (Phi) is 5.16. The first-order valence-electron chi connectivity index (χ1n) is 7.59. The van der Waals surface area contributed by atoms with E-state index in [9.17, 15) is 9.59 Å². The first-order valence-corrected chi connectivity index (χ1v) is 7.59. The second kappa shape index (κ2) is 7.09. The topological polar surface area (TPSA) is 84.2 Å². The average molecular weight is 315 g/mol. The van der Waals surface area contributed by atoms with Crippen LogP contribution in [0.5, 0.6) is 0 Å². The number of hydrogen-bond donors (Lipinski definition) is 2. The molecule has 1 amide bonds. The second-order valence-electron chi connectivity index (χ2n) is 5.36. The second-order valence-corrected chi connectivity index (χ2v) is 5.36. The van der Waals surface area contributed by atoms with Crippen LogP contribution in [0.3, 0.4) is 0 Å². The van der Waals surface area contributed by atoms with Gasteiger partial charge in [0.05, 0.1) is 11.4 Å². The summed E-state index contributed by atoms with van der Waals surface area (Å²) in [6.45, 7) is 6.23. The molecule has 122 valence electrons. The van der Waals surface area contributed by atoms with E-state index in [1.165, 1.54) is 0 Å². The van der Waals surface area contributed by atoms with Crippen molar-refractivity contribution < 1.29 is 14.7 Å². The zero-order valence-electron chi connectivity index (χ0n) is 13.6. The van der Waals surface area contributed by atoms with Crippen molar-refractivity contribution in [2.45, 2.75) is 33.6 Å². The highest BCUT2D eigenvalue weighted by Gasteiger charge is 2.15. The van der Waals surface area contributed by atoms with Crippen LogP contribution in [0.25, 0.3) is 5.69 Å². The van der Waals surface area contributed by atoms with Gasteiger partial charge in [-0.3, -0.25) is 9.59 Å². The van der Waals surface area contributed by atoms with E-state index in [4.69, 9.17) is 5.11 Å². The van der Waals surface area contributed by atoms with Crippen LogP contribution >= 0.6 is 0 Å². The van der Waals surface area contributed by atoms with Crippen molar-refractivity contribution in [3.8, 4) is 5.69 Å². The Balaban J connectivity index is 2.35. The minimum absolute atomic E-state index is 0.0757. The average Bonchev–Trinajstić information content (AvgIpc) is 2.80. The molecule has 1 aromatic heterocycles. The highest BCUT2D eigenvalue weighted by atomic mass is 16.4. The number of benzene rings is 1. The molecule has 2 aromatic rings. The standard InChI is InChI=1S/C17H21N3O3/c1-4-18-17(23)13-6-5-7-14(10-13)20-12(3)15(11(2)19-20)8-9-16(21)22/h5-7,10H,4,8-9H2,1-3H3,(H,18,23)(H,21,22). The van der Waals surface area contributed by atoms with E-state index in [1.54, 1.807) is 16.8 Å². The van der Waals surface area contributed by atoms with Gasteiger partial charge in [0.15, 0.2) is 0 Å². The predicted octanol–water partition coefficient (Wildman–Crippen LogP) is 2.26. The molecule has 0 aliphatic carbocycles. The molecule has 0 bridgehead atoms. The molecule has 0 spiro atoms. The number of nitrogens with one attached hydrogen (secondary N) is 1. The van der Waals surface area contributed by atoms with Gasteiger partial charge >= 0.3 is 5.97 Å². The quantitative estimate of drug-likeness (QED) is 0.856. The van der Waals surface area contributed by atoms with Gasteiger partial charge in [0.25, 0.3) is 5.91 Å². The summed E-state index contributed by atoms with van der Waals surface area (Å²) in [5, 5.41) is 16.1. The summed E-state index contributed by atoms with van der Waals surface area (Å²) in [7, 11) is 0. The number of hydrogen-bond acceptors (Lipinski definition) is 3. The van der Waals surface area contributed by atoms with Crippen molar-refractivity contribution >= 4 is 11.9 Å². The lowest BCUT2D eigenvalue weighted by atomic mass is 10.1. The van der Waals surface area contributed by atoms with E-state index in [0.29, 0.717) is 18.5 Å². The summed E-state index contributed by atoms with van der Waals surface area (Å²) in [5.74, 6) is -0.947. The van der Waals surface area contributed by atoms with E-state index < -0.39 is 5.97 Å². The molecular formula is C17H21N3O3. The fourth-order valence-electron chi connectivity index (χ4n) is 2.56. The number of carboxylic acids is 1. The molecule has 1 aromatic carbocycles. The molecular weight excluding hydrogens is 294 g/mol. The third-order valence-electron chi connectivity index (χ3n) is 3.72. The number of amides is 1. The third-order valence-corrected chi connectivity index (χ3v) is 3.72. The van der Waals surface area contributed by atoms with Gasteiger partial charge in [-0.25, -0.2) is 4.68 Å². The first-order chi connectivity index (χ1) is 10.9. The van der Waals surface area contributed by atoms with Crippen LogP contribution in [0, 0.1) is 13.8 Å². The van der Waals surface area contributed by atoms with E-state index in [2.05, 4.69) is 10.4 Å². The zero-order chi connectivity index (χ0) is 17.0. The number of rotatable bonds is 6. The lowest BCUT2D eigenvalue weighted by Crippen LogP contribution is -2.22. The van der Waals surface area contributed by atoms with Crippen LogP contribution in [0.2, 0.25) is 0 Å². The van der Waals surface area contributed by atoms with Crippen molar-refractivity contribution in [3.63, 3.8) is 0 Å². The molecule has 0 radical (unpaired) electrons. The fraction of sp³-hybridized carbons (Fsp3) is 0.353. The maximum Gasteiger partial charge on any atom is 0.303 e. The van der Waals surface area contributed by atoms with Crippen LogP contribution in [0.1, 0.15) is 40.7 Å². The predicted molar refractivity (Wildman–Crippen MR) is 87.0 cm³/mol. The van der Waals surface area contributed by atoms with Crippen molar-refractivity contribution in [2.24, 2.45) is 0 Å². The minimum Gasteiger partial charge on any atom is -0.481 e. The highest BCUT2D eigenvalue weighted by molar-refractivity contribution is 5.94. The minimum atomic E-state index is -0.824. The van der Waals surface area contributed by atoms with Crippen LogP contribution in [0.15, 0.2) is 24.3 Å². The van der Waals surface area contributed by atoms with Gasteiger partial charge in [0.1, 0.15) is 0 Å². The zero-order valence-corrected chi connectivity index (χ0v) is 13.6. The maximum absolute atomic E-state index is 12.0. The SMILES string of the molecule is CCNC(=O)c1cccc(-n2nc(C)c(CCC(=O)O)c2C)c1.